The zero-order valence-corrected chi connectivity index (χ0v) is 10.2. The van der Waals surface area contributed by atoms with Crippen molar-refractivity contribution in [3.63, 3.8) is 0 Å². The number of aliphatic hydroxyl groups is 1. The molecular formula is C16H16O2. The summed E-state index contributed by atoms with van der Waals surface area (Å²) in [5.41, 5.74) is 2.09. The Morgan fingerprint density at radius 1 is 0.944 bits per heavy atom. The second kappa shape index (κ2) is 4.46. The van der Waals surface area contributed by atoms with Gasteiger partial charge < -0.3 is 9.84 Å². The van der Waals surface area contributed by atoms with E-state index in [9.17, 15) is 5.11 Å². The zero-order chi connectivity index (χ0) is 12.4. The van der Waals surface area contributed by atoms with Crippen molar-refractivity contribution < 1.29 is 9.84 Å². The Balaban J connectivity index is 1.96. The lowest BCUT2D eigenvalue weighted by molar-refractivity contribution is -0.156. The fourth-order valence-corrected chi connectivity index (χ4v) is 2.56. The molecule has 0 spiro atoms. The SMILES string of the molecule is OC1(Oc2ccccc2)CCCc2ccccc21. The molecule has 1 unspecified atom stereocenters. The van der Waals surface area contributed by atoms with Crippen molar-refractivity contribution in [2.75, 3.05) is 0 Å². The van der Waals surface area contributed by atoms with E-state index in [1.165, 1.54) is 5.56 Å². The number of para-hydroxylation sites is 1. The summed E-state index contributed by atoms with van der Waals surface area (Å²) < 4.78 is 5.82. The summed E-state index contributed by atoms with van der Waals surface area (Å²) in [5, 5.41) is 10.8. The van der Waals surface area contributed by atoms with Crippen LogP contribution in [-0.2, 0) is 12.2 Å². The topological polar surface area (TPSA) is 29.5 Å². The van der Waals surface area contributed by atoms with Crippen molar-refractivity contribution in [3.8, 4) is 5.75 Å². The molecule has 0 aromatic heterocycles. The largest absolute Gasteiger partial charge is 0.458 e. The minimum atomic E-state index is -1.18. The van der Waals surface area contributed by atoms with Crippen molar-refractivity contribution in [2.24, 2.45) is 0 Å². The molecule has 0 radical (unpaired) electrons. The molecule has 0 heterocycles. The van der Waals surface area contributed by atoms with Gasteiger partial charge in [-0.2, -0.15) is 0 Å². The smallest absolute Gasteiger partial charge is 0.235 e. The molecule has 1 atom stereocenters. The van der Waals surface area contributed by atoms with Gasteiger partial charge in [0.25, 0.3) is 0 Å². The monoisotopic (exact) mass is 240 g/mol. The van der Waals surface area contributed by atoms with Crippen LogP contribution in [0.25, 0.3) is 0 Å². The van der Waals surface area contributed by atoms with Gasteiger partial charge in [-0.3, -0.25) is 0 Å². The predicted octanol–water partition coefficient (Wildman–Crippen LogP) is 3.25. The summed E-state index contributed by atoms with van der Waals surface area (Å²) in [5.74, 6) is -0.479. The second-order valence-corrected chi connectivity index (χ2v) is 4.71. The first-order valence-corrected chi connectivity index (χ1v) is 6.33. The number of hydrogen-bond donors (Lipinski definition) is 1. The van der Waals surface area contributed by atoms with E-state index in [2.05, 4.69) is 6.07 Å². The Labute approximate surface area is 107 Å². The quantitative estimate of drug-likeness (QED) is 0.816. The van der Waals surface area contributed by atoms with Crippen molar-refractivity contribution in [1.82, 2.24) is 0 Å². The van der Waals surface area contributed by atoms with E-state index in [-0.39, 0.29) is 0 Å². The first kappa shape index (κ1) is 11.3. The van der Waals surface area contributed by atoms with Crippen LogP contribution in [0, 0.1) is 0 Å². The number of hydrogen-bond acceptors (Lipinski definition) is 2. The van der Waals surface area contributed by atoms with Crippen molar-refractivity contribution in [1.29, 1.82) is 0 Å². The maximum Gasteiger partial charge on any atom is 0.235 e. The minimum Gasteiger partial charge on any atom is -0.458 e. The summed E-state index contributed by atoms with van der Waals surface area (Å²) in [6.45, 7) is 0. The first-order chi connectivity index (χ1) is 8.78. The maximum atomic E-state index is 10.8. The van der Waals surface area contributed by atoms with Gasteiger partial charge in [0.15, 0.2) is 0 Å². The lowest BCUT2D eigenvalue weighted by Crippen LogP contribution is -2.36. The van der Waals surface area contributed by atoms with Gasteiger partial charge in [-0.15, -0.1) is 0 Å². The number of ether oxygens (including phenoxy) is 1. The Morgan fingerprint density at radius 3 is 2.50 bits per heavy atom. The molecule has 2 nitrogen and oxygen atoms in total. The Kier molecular flexibility index (Phi) is 2.80. The van der Waals surface area contributed by atoms with Crippen LogP contribution in [0.3, 0.4) is 0 Å². The van der Waals surface area contributed by atoms with E-state index in [1.807, 2.05) is 48.5 Å². The molecule has 0 aliphatic heterocycles. The molecule has 1 N–H and O–H groups in total. The average Bonchev–Trinajstić information content (AvgIpc) is 2.40. The number of fused-ring (bicyclic) bond motifs is 1. The summed E-state index contributed by atoms with van der Waals surface area (Å²) in [4.78, 5) is 0. The van der Waals surface area contributed by atoms with Crippen LogP contribution < -0.4 is 4.74 Å². The molecule has 92 valence electrons. The van der Waals surface area contributed by atoms with Crippen molar-refractivity contribution in [3.05, 3.63) is 65.7 Å². The van der Waals surface area contributed by atoms with E-state index in [0.717, 1.165) is 18.4 Å². The van der Waals surface area contributed by atoms with Gasteiger partial charge >= 0.3 is 0 Å². The third-order valence-electron chi connectivity index (χ3n) is 3.43. The Hall–Kier alpha value is -1.80. The van der Waals surface area contributed by atoms with E-state index in [0.29, 0.717) is 12.2 Å². The molecule has 1 aliphatic carbocycles. The molecule has 0 saturated carbocycles. The molecule has 2 aromatic rings. The normalized spacial score (nSPS) is 22.3. The number of aryl methyl sites for hydroxylation is 1. The van der Waals surface area contributed by atoms with Gasteiger partial charge in [-0.05, 0) is 30.5 Å². The minimum absolute atomic E-state index is 0.638. The van der Waals surface area contributed by atoms with Gasteiger partial charge in [-0.25, -0.2) is 0 Å². The number of rotatable bonds is 2. The summed E-state index contributed by atoms with van der Waals surface area (Å²) in [7, 11) is 0. The Bertz CT molecular complexity index is 536. The molecule has 0 bridgehead atoms. The predicted molar refractivity (Wildman–Crippen MR) is 70.3 cm³/mol. The molecular weight excluding hydrogens is 224 g/mol. The fourth-order valence-electron chi connectivity index (χ4n) is 2.56. The molecule has 0 amide bonds. The lowest BCUT2D eigenvalue weighted by atomic mass is 9.86. The van der Waals surface area contributed by atoms with E-state index >= 15 is 0 Å². The van der Waals surface area contributed by atoms with Crippen LogP contribution >= 0.6 is 0 Å². The fraction of sp³-hybridized carbons (Fsp3) is 0.250. The van der Waals surface area contributed by atoms with Gasteiger partial charge in [0.1, 0.15) is 5.75 Å². The lowest BCUT2D eigenvalue weighted by Gasteiger charge is -2.34. The highest BCUT2D eigenvalue weighted by Gasteiger charge is 2.36. The van der Waals surface area contributed by atoms with Gasteiger partial charge in [0, 0.05) is 12.0 Å². The maximum absolute atomic E-state index is 10.8. The summed E-state index contributed by atoms with van der Waals surface area (Å²) in [6.07, 6.45) is 2.59. The second-order valence-electron chi connectivity index (χ2n) is 4.71. The van der Waals surface area contributed by atoms with Crippen molar-refractivity contribution in [2.45, 2.75) is 25.0 Å². The van der Waals surface area contributed by atoms with Gasteiger partial charge in [-0.1, -0.05) is 42.5 Å². The summed E-state index contributed by atoms with van der Waals surface area (Å²) >= 11 is 0. The van der Waals surface area contributed by atoms with Crippen molar-refractivity contribution >= 4 is 0 Å². The molecule has 0 fully saturated rings. The van der Waals surface area contributed by atoms with Crippen LogP contribution in [0.4, 0.5) is 0 Å². The molecule has 1 aliphatic rings. The average molecular weight is 240 g/mol. The summed E-state index contributed by atoms with van der Waals surface area (Å²) in [6, 6.07) is 17.5. The molecule has 2 aromatic carbocycles. The van der Waals surface area contributed by atoms with Crippen LogP contribution in [0.5, 0.6) is 5.75 Å². The highest BCUT2D eigenvalue weighted by atomic mass is 16.6. The molecule has 3 rings (SSSR count). The van der Waals surface area contributed by atoms with Gasteiger partial charge in [0.05, 0.1) is 0 Å². The molecule has 0 saturated heterocycles. The van der Waals surface area contributed by atoms with Crippen LogP contribution in [0.2, 0.25) is 0 Å². The molecule has 2 heteroatoms. The van der Waals surface area contributed by atoms with Crippen LogP contribution in [-0.4, -0.2) is 5.11 Å². The first-order valence-electron chi connectivity index (χ1n) is 6.33. The van der Waals surface area contributed by atoms with E-state index in [1.54, 1.807) is 0 Å². The zero-order valence-electron chi connectivity index (χ0n) is 10.2. The van der Waals surface area contributed by atoms with Crippen LogP contribution in [0.15, 0.2) is 54.6 Å². The molecule has 18 heavy (non-hydrogen) atoms. The third-order valence-corrected chi connectivity index (χ3v) is 3.43. The third kappa shape index (κ3) is 2.00. The highest BCUT2D eigenvalue weighted by molar-refractivity contribution is 5.34. The van der Waals surface area contributed by atoms with Crippen LogP contribution in [0.1, 0.15) is 24.0 Å². The number of benzene rings is 2. The van der Waals surface area contributed by atoms with E-state index < -0.39 is 5.79 Å². The van der Waals surface area contributed by atoms with E-state index in [4.69, 9.17) is 4.74 Å². The van der Waals surface area contributed by atoms with Gasteiger partial charge in [0.2, 0.25) is 5.79 Å². The Morgan fingerprint density at radius 2 is 1.67 bits per heavy atom. The highest BCUT2D eigenvalue weighted by Crippen LogP contribution is 2.36. The standard InChI is InChI=1S/C16H16O2/c17-16(18-14-9-2-1-3-10-14)12-6-8-13-7-4-5-11-15(13)16/h1-5,7,9-11,17H,6,8,12H2.